The molecule has 1 unspecified atom stereocenters. The van der Waals surface area contributed by atoms with E-state index in [0.29, 0.717) is 6.04 Å². The van der Waals surface area contributed by atoms with Gasteiger partial charge in [0.25, 0.3) is 0 Å². The summed E-state index contributed by atoms with van der Waals surface area (Å²) in [7, 11) is 1.71. The van der Waals surface area contributed by atoms with Gasteiger partial charge in [-0.15, -0.1) is 0 Å². The van der Waals surface area contributed by atoms with Crippen LogP contribution in [0, 0.1) is 0 Å². The Labute approximate surface area is 115 Å². The third-order valence-electron chi connectivity index (χ3n) is 4.46. The lowest BCUT2D eigenvalue weighted by atomic mass is 9.86. The van der Waals surface area contributed by atoms with E-state index in [1.807, 2.05) is 12.1 Å². The van der Waals surface area contributed by atoms with E-state index in [4.69, 9.17) is 9.47 Å². The number of hydrogen-bond acceptors (Lipinski definition) is 3. The van der Waals surface area contributed by atoms with Gasteiger partial charge in [-0.2, -0.15) is 0 Å². The van der Waals surface area contributed by atoms with Crippen molar-refractivity contribution < 1.29 is 9.47 Å². The summed E-state index contributed by atoms with van der Waals surface area (Å²) in [5.41, 5.74) is 1.34. The first-order valence-corrected chi connectivity index (χ1v) is 7.37. The summed E-state index contributed by atoms with van der Waals surface area (Å²) in [6.07, 6.45) is 6.05. The largest absolute Gasteiger partial charge is 0.497 e. The number of nitrogens with one attached hydrogen (secondary N) is 1. The van der Waals surface area contributed by atoms with Crippen molar-refractivity contribution in [2.75, 3.05) is 13.7 Å². The highest BCUT2D eigenvalue weighted by Gasteiger charge is 2.42. The maximum absolute atomic E-state index is 6.38. The smallest absolute Gasteiger partial charge is 0.128 e. The standard InChI is InChI=1S/C16H23NO2/c1-3-17-14-11-16(8-4-5-9-16)19-15-10-12(18-2)6-7-13(14)15/h6-7,10,14,17H,3-5,8-9,11H2,1-2H3. The molecule has 1 saturated carbocycles. The minimum atomic E-state index is 0.0617. The van der Waals surface area contributed by atoms with Crippen LogP contribution in [0.5, 0.6) is 11.5 Å². The zero-order valence-electron chi connectivity index (χ0n) is 11.9. The van der Waals surface area contributed by atoms with Crippen molar-refractivity contribution in [3.05, 3.63) is 23.8 Å². The fourth-order valence-electron chi connectivity index (χ4n) is 3.53. The molecule has 19 heavy (non-hydrogen) atoms. The molecule has 0 saturated heterocycles. The molecule has 3 rings (SSSR count). The van der Waals surface area contributed by atoms with E-state index < -0.39 is 0 Å². The molecule has 2 aliphatic rings. The van der Waals surface area contributed by atoms with Crippen molar-refractivity contribution >= 4 is 0 Å². The van der Waals surface area contributed by atoms with E-state index in [2.05, 4.69) is 18.3 Å². The van der Waals surface area contributed by atoms with Crippen LogP contribution in [0.4, 0.5) is 0 Å². The highest BCUT2D eigenvalue weighted by Crippen LogP contribution is 2.47. The summed E-state index contributed by atoms with van der Waals surface area (Å²) in [5, 5.41) is 3.61. The lowest BCUT2D eigenvalue weighted by Crippen LogP contribution is -2.42. The predicted octanol–water partition coefficient (Wildman–Crippen LogP) is 3.44. The minimum Gasteiger partial charge on any atom is -0.497 e. The third-order valence-corrected chi connectivity index (χ3v) is 4.46. The van der Waals surface area contributed by atoms with E-state index in [1.54, 1.807) is 7.11 Å². The maximum Gasteiger partial charge on any atom is 0.128 e. The molecule has 0 radical (unpaired) electrons. The first kappa shape index (κ1) is 12.8. The molecular formula is C16H23NO2. The van der Waals surface area contributed by atoms with Gasteiger partial charge in [-0.3, -0.25) is 0 Å². The van der Waals surface area contributed by atoms with Crippen LogP contribution in [-0.4, -0.2) is 19.3 Å². The topological polar surface area (TPSA) is 30.5 Å². The van der Waals surface area contributed by atoms with Crippen molar-refractivity contribution in [2.24, 2.45) is 0 Å². The molecule has 1 aliphatic heterocycles. The van der Waals surface area contributed by atoms with Gasteiger partial charge in [-0.05, 0) is 38.3 Å². The SMILES string of the molecule is CCNC1CC2(CCCC2)Oc2cc(OC)ccc21. The molecule has 1 atom stereocenters. The van der Waals surface area contributed by atoms with Crippen molar-refractivity contribution in [2.45, 2.75) is 50.7 Å². The molecule has 0 aromatic heterocycles. The molecule has 1 fully saturated rings. The van der Waals surface area contributed by atoms with Gasteiger partial charge in [0.15, 0.2) is 0 Å². The average Bonchev–Trinajstić information content (AvgIpc) is 2.86. The number of rotatable bonds is 3. The van der Waals surface area contributed by atoms with Crippen LogP contribution in [0.15, 0.2) is 18.2 Å². The summed E-state index contributed by atoms with van der Waals surface area (Å²) in [6.45, 7) is 3.16. The zero-order chi connectivity index (χ0) is 13.3. The van der Waals surface area contributed by atoms with Crippen molar-refractivity contribution in [3.63, 3.8) is 0 Å². The van der Waals surface area contributed by atoms with Crippen molar-refractivity contribution in [1.29, 1.82) is 0 Å². The Morgan fingerprint density at radius 2 is 2.16 bits per heavy atom. The highest BCUT2D eigenvalue weighted by molar-refractivity contribution is 5.44. The molecular weight excluding hydrogens is 238 g/mol. The Morgan fingerprint density at radius 1 is 1.37 bits per heavy atom. The first-order valence-electron chi connectivity index (χ1n) is 7.37. The molecule has 1 spiro atoms. The van der Waals surface area contributed by atoms with Crippen molar-refractivity contribution in [3.8, 4) is 11.5 Å². The molecule has 1 aliphatic carbocycles. The maximum atomic E-state index is 6.38. The normalized spacial score (nSPS) is 24.0. The summed E-state index contributed by atoms with van der Waals surface area (Å²) < 4.78 is 11.7. The number of ether oxygens (including phenoxy) is 2. The predicted molar refractivity (Wildman–Crippen MR) is 75.9 cm³/mol. The fourth-order valence-corrected chi connectivity index (χ4v) is 3.53. The van der Waals surface area contributed by atoms with Gasteiger partial charge >= 0.3 is 0 Å². The first-order chi connectivity index (χ1) is 9.26. The van der Waals surface area contributed by atoms with Crippen LogP contribution in [0.1, 0.15) is 50.6 Å². The van der Waals surface area contributed by atoms with Crippen LogP contribution in [0.25, 0.3) is 0 Å². The molecule has 0 bridgehead atoms. The van der Waals surface area contributed by atoms with Crippen LogP contribution in [0.2, 0.25) is 0 Å². The number of fused-ring (bicyclic) bond motifs is 1. The van der Waals surface area contributed by atoms with Gasteiger partial charge in [0.2, 0.25) is 0 Å². The van der Waals surface area contributed by atoms with E-state index in [-0.39, 0.29) is 5.60 Å². The summed E-state index contributed by atoms with van der Waals surface area (Å²) >= 11 is 0. The third kappa shape index (κ3) is 2.32. The highest BCUT2D eigenvalue weighted by atomic mass is 16.5. The lowest BCUT2D eigenvalue weighted by Gasteiger charge is -2.40. The quantitative estimate of drug-likeness (QED) is 0.904. The molecule has 1 N–H and O–H groups in total. The second-order valence-corrected chi connectivity index (χ2v) is 5.71. The van der Waals surface area contributed by atoms with Gasteiger partial charge in [-0.25, -0.2) is 0 Å². The van der Waals surface area contributed by atoms with E-state index in [0.717, 1.165) is 24.5 Å². The van der Waals surface area contributed by atoms with E-state index >= 15 is 0 Å². The second-order valence-electron chi connectivity index (χ2n) is 5.71. The number of methoxy groups -OCH3 is 1. The number of hydrogen-bond donors (Lipinski definition) is 1. The van der Waals surface area contributed by atoms with Crippen LogP contribution in [0.3, 0.4) is 0 Å². The molecule has 0 amide bonds. The molecule has 3 nitrogen and oxygen atoms in total. The monoisotopic (exact) mass is 261 g/mol. The van der Waals surface area contributed by atoms with Crippen LogP contribution < -0.4 is 14.8 Å². The summed E-state index contributed by atoms with van der Waals surface area (Å²) in [4.78, 5) is 0. The van der Waals surface area contributed by atoms with Gasteiger partial charge < -0.3 is 14.8 Å². The Morgan fingerprint density at radius 3 is 2.84 bits per heavy atom. The average molecular weight is 261 g/mol. The van der Waals surface area contributed by atoms with Crippen LogP contribution >= 0.6 is 0 Å². The Hall–Kier alpha value is -1.22. The van der Waals surface area contributed by atoms with Gasteiger partial charge in [-0.1, -0.05) is 13.0 Å². The molecule has 1 aromatic rings. The van der Waals surface area contributed by atoms with Gasteiger partial charge in [0.05, 0.1) is 7.11 Å². The zero-order valence-corrected chi connectivity index (χ0v) is 11.9. The Kier molecular flexibility index (Phi) is 3.40. The molecule has 3 heteroatoms. The van der Waals surface area contributed by atoms with Crippen LogP contribution in [-0.2, 0) is 0 Å². The van der Waals surface area contributed by atoms with E-state index in [9.17, 15) is 0 Å². The molecule has 1 heterocycles. The Bertz CT molecular complexity index is 452. The van der Waals surface area contributed by atoms with E-state index in [1.165, 1.54) is 31.2 Å². The fraction of sp³-hybridized carbons (Fsp3) is 0.625. The number of benzene rings is 1. The minimum absolute atomic E-state index is 0.0617. The van der Waals surface area contributed by atoms with Crippen molar-refractivity contribution in [1.82, 2.24) is 5.32 Å². The lowest BCUT2D eigenvalue weighted by molar-refractivity contribution is 0.0368. The summed E-state index contributed by atoms with van der Waals surface area (Å²) in [6, 6.07) is 6.62. The molecule has 104 valence electrons. The Balaban J connectivity index is 1.96. The summed E-state index contributed by atoms with van der Waals surface area (Å²) in [5.74, 6) is 1.89. The molecule has 1 aromatic carbocycles. The second kappa shape index (κ2) is 5.04. The van der Waals surface area contributed by atoms with Gasteiger partial charge in [0, 0.05) is 24.1 Å². The van der Waals surface area contributed by atoms with Gasteiger partial charge in [0.1, 0.15) is 17.1 Å².